The standard InChI is InChI=1S/C40H43FN4O3/c1-42-25-30-22-33(10-12-35(30)40(42)47)45-20-18-43(19-21-45)24-27-14-16-44(17-15-27)32-8-4-29(5-9-32)39-36-13-11-34(46)23-38(36)48-26-37(39)28-2-6-31(41)7-3-28/h2-13,22-23,27,37,39,46H,14-21,24-26H2,1H3. The van der Waals surface area contributed by atoms with Crippen molar-refractivity contribution in [1.29, 1.82) is 0 Å². The van der Waals surface area contributed by atoms with E-state index >= 15 is 0 Å². The van der Waals surface area contributed by atoms with Gasteiger partial charge < -0.3 is 24.5 Å². The van der Waals surface area contributed by atoms with Crippen molar-refractivity contribution in [1.82, 2.24) is 9.80 Å². The number of hydrogen-bond donors (Lipinski definition) is 1. The summed E-state index contributed by atoms with van der Waals surface area (Å²) in [7, 11) is 1.87. The molecule has 0 saturated carbocycles. The van der Waals surface area contributed by atoms with E-state index in [2.05, 4.69) is 51.1 Å². The van der Waals surface area contributed by atoms with Crippen molar-refractivity contribution in [2.24, 2.45) is 5.92 Å². The van der Waals surface area contributed by atoms with Crippen LogP contribution in [0.1, 0.15) is 57.3 Å². The van der Waals surface area contributed by atoms with Gasteiger partial charge in [0.05, 0.1) is 6.61 Å². The van der Waals surface area contributed by atoms with Crippen molar-refractivity contribution in [2.45, 2.75) is 31.2 Å². The molecule has 4 aliphatic rings. The minimum Gasteiger partial charge on any atom is -0.508 e. The summed E-state index contributed by atoms with van der Waals surface area (Å²) in [5, 5.41) is 10.1. The van der Waals surface area contributed by atoms with Crippen LogP contribution in [0, 0.1) is 11.7 Å². The molecule has 2 unspecified atom stereocenters. The Morgan fingerprint density at radius 2 is 1.48 bits per heavy atom. The third-order valence-corrected chi connectivity index (χ3v) is 11.0. The Kier molecular flexibility index (Phi) is 8.20. The summed E-state index contributed by atoms with van der Waals surface area (Å²) in [6.45, 7) is 8.64. The molecule has 4 heterocycles. The number of nitrogens with zero attached hydrogens (tertiary/aromatic N) is 4. The number of phenols is 1. The van der Waals surface area contributed by atoms with Crippen LogP contribution in [-0.4, -0.2) is 80.3 Å². The van der Waals surface area contributed by atoms with Crippen LogP contribution in [0.5, 0.6) is 11.5 Å². The van der Waals surface area contributed by atoms with Crippen molar-refractivity contribution < 1.29 is 19.0 Å². The molecule has 0 radical (unpaired) electrons. The second kappa shape index (κ2) is 12.8. The van der Waals surface area contributed by atoms with Crippen molar-refractivity contribution in [2.75, 3.05) is 69.3 Å². The zero-order chi connectivity index (χ0) is 32.8. The van der Waals surface area contributed by atoms with Crippen LogP contribution >= 0.6 is 0 Å². The lowest BCUT2D eigenvalue weighted by Crippen LogP contribution is -2.49. The number of rotatable bonds is 6. The first-order valence-corrected chi connectivity index (χ1v) is 17.3. The van der Waals surface area contributed by atoms with E-state index in [9.17, 15) is 14.3 Å². The van der Waals surface area contributed by atoms with Gasteiger partial charge in [0.1, 0.15) is 17.3 Å². The van der Waals surface area contributed by atoms with Crippen molar-refractivity contribution in [3.05, 3.63) is 119 Å². The van der Waals surface area contributed by atoms with E-state index in [0.29, 0.717) is 24.8 Å². The number of piperazine rings is 1. The van der Waals surface area contributed by atoms with Gasteiger partial charge in [0.25, 0.3) is 5.91 Å². The molecule has 0 aromatic heterocycles. The van der Waals surface area contributed by atoms with Gasteiger partial charge in [-0.05, 0) is 84.0 Å². The lowest BCUT2D eigenvalue weighted by molar-refractivity contribution is 0.0816. The summed E-state index contributed by atoms with van der Waals surface area (Å²) in [6, 6.07) is 27.4. The number of halogens is 1. The average molecular weight is 647 g/mol. The van der Waals surface area contributed by atoms with Crippen LogP contribution in [0.15, 0.2) is 84.9 Å². The predicted molar refractivity (Wildman–Crippen MR) is 187 cm³/mol. The predicted octanol–water partition coefficient (Wildman–Crippen LogP) is 6.46. The van der Waals surface area contributed by atoms with E-state index in [1.165, 1.54) is 41.9 Å². The molecule has 2 saturated heterocycles. The zero-order valence-electron chi connectivity index (χ0n) is 27.5. The van der Waals surface area contributed by atoms with E-state index in [-0.39, 0.29) is 29.3 Å². The first kappa shape index (κ1) is 30.8. The fourth-order valence-electron chi connectivity index (χ4n) is 8.28. The molecule has 2 fully saturated rings. The third kappa shape index (κ3) is 5.98. The van der Waals surface area contributed by atoms with Crippen LogP contribution in [-0.2, 0) is 6.54 Å². The van der Waals surface area contributed by atoms with Crippen LogP contribution in [0.4, 0.5) is 15.8 Å². The van der Waals surface area contributed by atoms with E-state index in [1.54, 1.807) is 17.0 Å². The zero-order valence-corrected chi connectivity index (χ0v) is 27.5. The molecule has 8 heteroatoms. The van der Waals surface area contributed by atoms with Crippen molar-refractivity contribution >= 4 is 17.3 Å². The summed E-state index contributed by atoms with van der Waals surface area (Å²) in [4.78, 5) is 21.7. The summed E-state index contributed by atoms with van der Waals surface area (Å²) < 4.78 is 19.9. The number of aromatic hydroxyl groups is 1. The minimum absolute atomic E-state index is 0.0344. The number of phenolic OH excluding ortho intramolecular Hbond substituents is 1. The van der Waals surface area contributed by atoms with Crippen molar-refractivity contribution in [3.63, 3.8) is 0 Å². The molecule has 1 N–H and O–H groups in total. The van der Waals surface area contributed by atoms with Crippen LogP contribution in [0.2, 0.25) is 0 Å². The molecular weight excluding hydrogens is 603 g/mol. The molecule has 1 amide bonds. The van der Waals surface area contributed by atoms with Crippen LogP contribution < -0.4 is 14.5 Å². The molecule has 0 aliphatic carbocycles. The van der Waals surface area contributed by atoms with Gasteiger partial charge in [-0.1, -0.05) is 30.3 Å². The van der Waals surface area contributed by atoms with Gasteiger partial charge in [0, 0.05) is 99.8 Å². The first-order chi connectivity index (χ1) is 23.4. The van der Waals surface area contributed by atoms with Crippen molar-refractivity contribution in [3.8, 4) is 11.5 Å². The molecular formula is C40H43FN4O3. The maximum absolute atomic E-state index is 13.8. The number of piperidine rings is 1. The Bertz CT molecular complexity index is 1780. The minimum atomic E-state index is -0.243. The van der Waals surface area contributed by atoms with E-state index < -0.39 is 0 Å². The molecule has 2 atom stereocenters. The quantitative estimate of drug-likeness (QED) is 0.260. The van der Waals surface area contributed by atoms with E-state index in [1.807, 2.05) is 31.3 Å². The Balaban J connectivity index is 0.876. The Hall–Kier alpha value is -4.56. The van der Waals surface area contributed by atoms with E-state index in [4.69, 9.17) is 4.74 Å². The second-order valence-corrected chi connectivity index (χ2v) is 14.0. The first-order valence-electron chi connectivity index (χ1n) is 17.3. The normalized spacial score (nSPS) is 21.6. The van der Waals surface area contributed by atoms with Gasteiger partial charge in [-0.25, -0.2) is 4.39 Å². The van der Waals surface area contributed by atoms with Crippen LogP contribution in [0.25, 0.3) is 0 Å². The highest BCUT2D eigenvalue weighted by Gasteiger charge is 2.34. The van der Waals surface area contributed by atoms with Gasteiger partial charge in [0.15, 0.2) is 0 Å². The Morgan fingerprint density at radius 1 is 0.792 bits per heavy atom. The molecule has 0 spiro atoms. The Morgan fingerprint density at radius 3 is 2.23 bits per heavy atom. The number of hydrogen-bond acceptors (Lipinski definition) is 6. The third-order valence-electron chi connectivity index (χ3n) is 11.0. The lowest BCUT2D eigenvalue weighted by atomic mass is 9.76. The summed E-state index contributed by atoms with van der Waals surface area (Å²) >= 11 is 0. The molecule has 7 nitrogen and oxygen atoms in total. The number of ether oxygens (including phenoxy) is 1. The Labute approximate surface area is 282 Å². The highest BCUT2D eigenvalue weighted by molar-refractivity contribution is 5.98. The number of carbonyl (C=O) groups is 1. The second-order valence-electron chi connectivity index (χ2n) is 14.0. The van der Waals surface area contributed by atoms with E-state index in [0.717, 1.165) is 68.1 Å². The number of amides is 1. The molecule has 4 aliphatic heterocycles. The number of anilines is 2. The summed E-state index contributed by atoms with van der Waals surface area (Å²) in [5.41, 5.74) is 7.77. The highest BCUT2D eigenvalue weighted by Crippen LogP contribution is 2.47. The number of fused-ring (bicyclic) bond motifs is 2. The largest absolute Gasteiger partial charge is 0.508 e. The molecule has 4 aromatic rings. The fraction of sp³-hybridized carbons (Fsp3) is 0.375. The molecule has 8 rings (SSSR count). The monoisotopic (exact) mass is 646 g/mol. The van der Waals surface area contributed by atoms with Gasteiger partial charge in [-0.3, -0.25) is 9.69 Å². The molecule has 0 bridgehead atoms. The average Bonchev–Trinajstić information content (AvgIpc) is 3.40. The van der Waals surface area contributed by atoms with Gasteiger partial charge in [0.2, 0.25) is 0 Å². The molecule has 4 aromatic carbocycles. The van der Waals surface area contributed by atoms with Gasteiger partial charge in [-0.2, -0.15) is 0 Å². The number of carbonyl (C=O) groups excluding carboxylic acids is 1. The van der Waals surface area contributed by atoms with Gasteiger partial charge in [-0.15, -0.1) is 0 Å². The smallest absolute Gasteiger partial charge is 0.254 e. The summed E-state index contributed by atoms with van der Waals surface area (Å²) in [6.07, 6.45) is 2.38. The lowest BCUT2D eigenvalue weighted by Gasteiger charge is -2.40. The summed E-state index contributed by atoms with van der Waals surface area (Å²) in [5.74, 6) is 1.56. The van der Waals surface area contributed by atoms with Gasteiger partial charge >= 0.3 is 0 Å². The molecule has 48 heavy (non-hydrogen) atoms. The maximum atomic E-state index is 13.8. The SMILES string of the molecule is CN1Cc2cc(N3CCN(CC4CCN(c5ccc(C6c7ccc(O)cc7OCC6c6ccc(F)cc6)cc5)CC4)CC3)ccc2C1=O. The topological polar surface area (TPSA) is 59.5 Å². The fourth-order valence-corrected chi connectivity index (χ4v) is 8.28. The molecule has 248 valence electrons. The maximum Gasteiger partial charge on any atom is 0.254 e. The number of benzene rings is 4. The highest BCUT2D eigenvalue weighted by atomic mass is 19.1. The van der Waals surface area contributed by atoms with Crippen LogP contribution in [0.3, 0.4) is 0 Å².